The standard InChI is InChI=1S/C27H30N2O5/c30-23(28-24(25(31)32)17-11-12-17)15-27(13-5-6-14-27)29-26(33)34-16-22-20-9-3-1-7-18(20)19-8-2-4-10-21(19)22/h1-4,7-10,17,22,24H,5-6,11-16H2,(H,28,30)(H,29,33)(H,31,32). The molecule has 3 aliphatic carbocycles. The number of hydrogen-bond acceptors (Lipinski definition) is 4. The molecule has 0 bridgehead atoms. The van der Waals surface area contributed by atoms with Crippen LogP contribution in [0.4, 0.5) is 4.79 Å². The highest BCUT2D eigenvalue weighted by atomic mass is 16.5. The third kappa shape index (κ3) is 4.52. The van der Waals surface area contributed by atoms with E-state index in [4.69, 9.17) is 4.74 Å². The second kappa shape index (κ2) is 9.12. The number of fused-ring (bicyclic) bond motifs is 3. The molecular formula is C27H30N2O5. The summed E-state index contributed by atoms with van der Waals surface area (Å²) in [7, 11) is 0. The first-order valence-electron chi connectivity index (χ1n) is 12.1. The SMILES string of the molecule is O=C(CC1(NC(=O)OCC2c3ccccc3-c3ccccc32)CCCC1)NC(C(=O)O)C1CC1. The Morgan fingerprint density at radius 3 is 2.12 bits per heavy atom. The van der Waals surface area contributed by atoms with Gasteiger partial charge in [-0.15, -0.1) is 0 Å². The lowest BCUT2D eigenvalue weighted by Gasteiger charge is -2.30. The second-order valence-corrected chi connectivity index (χ2v) is 9.84. The van der Waals surface area contributed by atoms with Crippen LogP contribution in [0.5, 0.6) is 0 Å². The van der Waals surface area contributed by atoms with Crippen molar-refractivity contribution in [1.29, 1.82) is 0 Å². The molecule has 2 amide bonds. The zero-order valence-electron chi connectivity index (χ0n) is 19.1. The number of carboxylic acids is 1. The topological polar surface area (TPSA) is 105 Å². The summed E-state index contributed by atoms with van der Waals surface area (Å²) < 4.78 is 5.70. The van der Waals surface area contributed by atoms with E-state index < -0.39 is 23.6 Å². The van der Waals surface area contributed by atoms with Crippen LogP contribution in [0.2, 0.25) is 0 Å². The molecule has 0 heterocycles. The van der Waals surface area contributed by atoms with Crippen LogP contribution in [0.15, 0.2) is 48.5 Å². The number of nitrogens with one attached hydrogen (secondary N) is 2. The summed E-state index contributed by atoms with van der Waals surface area (Å²) in [4.78, 5) is 37.1. The summed E-state index contributed by atoms with van der Waals surface area (Å²) in [6, 6.07) is 15.5. The van der Waals surface area contributed by atoms with E-state index >= 15 is 0 Å². The molecule has 0 saturated heterocycles. The number of rotatable bonds is 8. The highest BCUT2D eigenvalue weighted by Crippen LogP contribution is 2.44. The Balaban J connectivity index is 1.22. The molecule has 7 nitrogen and oxygen atoms in total. The fourth-order valence-corrected chi connectivity index (χ4v) is 5.59. The molecule has 0 aromatic heterocycles. The van der Waals surface area contributed by atoms with E-state index in [-0.39, 0.29) is 30.8 Å². The van der Waals surface area contributed by atoms with Crippen molar-refractivity contribution in [2.24, 2.45) is 5.92 Å². The second-order valence-electron chi connectivity index (χ2n) is 9.84. The molecule has 3 aliphatic rings. The van der Waals surface area contributed by atoms with Crippen LogP contribution in [0, 0.1) is 5.92 Å². The van der Waals surface area contributed by atoms with Crippen molar-refractivity contribution in [2.45, 2.75) is 62.4 Å². The zero-order valence-corrected chi connectivity index (χ0v) is 19.1. The predicted octanol–water partition coefficient (Wildman–Crippen LogP) is 4.21. The van der Waals surface area contributed by atoms with Gasteiger partial charge in [0.1, 0.15) is 12.6 Å². The molecule has 0 radical (unpaired) electrons. The van der Waals surface area contributed by atoms with Crippen LogP contribution in [0.3, 0.4) is 0 Å². The largest absolute Gasteiger partial charge is 0.480 e. The van der Waals surface area contributed by atoms with Crippen LogP contribution in [-0.4, -0.2) is 41.3 Å². The third-order valence-electron chi connectivity index (χ3n) is 7.45. The van der Waals surface area contributed by atoms with E-state index in [1.165, 1.54) is 11.1 Å². The fraction of sp³-hybridized carbons (Fsp3) is 0.444. The lowest BCUT2D eigenvalue weighted by Crippen LogP contribution is -2.52. The lowest BCUT2D eigenvalue weighted by molar-refractivity contribution is -0.142. The fourth-order valence-electron chi connectivity index (χ4n) is 5.59. The maximum Gasteiger partial charge on any atom is 0.407 e. The molecule has 3 N–H and O–H groups in total. The molecule has 2 fully saturated rings. The summed E-state index contributed by atoms with van der Waals surface area (Å²) in [6.07, 6.45) is 4.32. The molecule has 34 heavy (non-hydrogen) atoms. The minimum absolute atomic E-state index is 0.0102. The average Bonchev–Trinajstić information content (AvgIpc) is 3.48. The van der Waals surface area contributed by atoms with E-state index in [2.05, 4.69) is 34.9 Å². The number of alkyl carbamates (subject to hydrolysis) is 1. The number of benzene rings is 2. The summed E-state index contributed by atoms with van der Waals surface area (Å²) in [5, 5.41) is 15.1. The Morgan fingerprint density at radius 2 is 1.56 bits per heavy atom. The summed E-state index contributed by atoms with van der Waals surface area (Å²) >= 11 is 0. The number of carbonyl (C=O) groups excluding carboxylic acids is 2. The average molecular weight is 463 g/mol. The Morgan fingerprint density at radius 1 is 0.971 bits per heavy atom. The van der Waals surface area contributed by atoms with Crippen molar-refractivity contribution in [3.63, 3.8) is 0 Å². The van der Waals surface area contributed by atoms with E-state index in [1.54, 1.807) is 0 Å². The normalized spacial score (nSPS) is 19.1. The van der Waals surface area contributed by atoms with Crippen LogP contribution in [-0.2, 0) is 14.3 Å². The Labute approximate surface area is 198 Å². The van der Waals surface area contributed by atoms with Crippen molar-refractivity contribution < 1.29 is 24.2 Å². The molecule has 1 atom stereocenters. The first-order chi connectivity index (χ1) is 16.5. The van der Waals surface area contributed by atoms with Crippen LogP contribution in [0.1, 0.15) is 62.0 Å². The van der Waals surface area contributed by atoms with Gasteiger partial charge in [0.2, 0.25) is 5.91 Å². The van der Waals surface area contributed by atoms with Gasteiger partial charge in [-0.05, 0) is 53.9 Å². The predicted molar refractivity (Wildman–Crippen MR) is 126 cm³/mol. The molecule has 2 aromatic rings. The van der Waals surface area contributed by atoms with Gasteiger partial charge in [0.25, 0.3) is 0 Å². The maximum absolute atomic E-state index is 12.9. The number of amides is 2. The van der Waals surface area contributed by atoms with E-state index in [0.29, 0.717) is 12.8 Å². The smallest absolute Gasteiger partial charge is 0.407 e. The molecule has 0 aliphatic heterocycles. The van der Waals surface area contributed by atoms with Crippen molar-refractivity contribution in [3.05, 3.63) is 59.7 Å². The quantitative estimate of drug-likeness (QED) is 0.545. The number of ether oxygens (including phenoxy) is 1. The molecule has 178 valence electrons. The molecule has 5 rings (SSSR count). The Bertz CT molecular complexity index is 1060. The Hall–Kier alpha value is -3.35. The monoisotopic (exact) mass is 462 g/mol. The van der Waals surface area contributed by atoms with Gasteiger partial charge in [-0.1, -0.05) is 61.4 Å². The first-order valence-corrected chi connectivity index (χ1v) is 12.1. The molecular weight excluding hydrogens is 432 g/mol. The minimum atomic E-state index is -0.999. The van der Waals surface area contributed by atoms with E-state index in [0.717, 1.165) is 36.8 Å². The van der Waals surface area contributed by atoms with Gasteiger partial charge in [0.15, 0.2) is 0 Å². The summed E-state index contributed by atoms with van der Waals surface area (Å²) in [5.41, 5.74) is 3.93. The number of carbonyl (C=O) groups is 3. The van der Waals surface area contributed by atoms with Gasteiger partial charge in [-0.2, -0.15) is 0 Å². The Kier molecular flexibility index (Phi) is 6.02. The molecule has 7 heteroatoms. The van der Waals surface area contributed by atoms with E-state index in [9.17, 15) is 19.5 Å². The van der Waals surface area contributed by atoms with Gasteiger partial charge in [0, 0.05) is 12.3 Å². The van der Waals surface area contributed by atoms with Gasteiger partial charge in [-0.25, -0.2) is 9.59 Å². The summed E-state index contributed by atoms with van der Waals surface area (Å²) in [5.74, 6) is -1.35. The van der Waals surface area contributed by atoms with Crippen molar-refractivity contribution in [3.8, 4) is 11.1 Å². The van der Waals surface area contributed by atoms with Gasteiger partial charge in [-0.3, -0.25) is 4.79 Å². The zero-order chi connectivity index (χ0) is 23.7. The van der Waals surface area contributed by atoms with Crippen molar-refractivity contribution >= 4 is 18.0 Å². The van der Waals surface area contributed by atoms with Gasteiger partial charge >= 0.3 is 12.1 Å². The molecule has 0 spiro atoms. The van der Waals surface area contributed by atoms with Crippen LogP contribution < -0.4 is 10.6 Å². The first kappa shape index (κ1) is 22.4. The maximum atomic E-state index is 12.9. The number of carboxylic acid groups (broad SMARTS) is 1. The number of aliphatic carboxylic acids is 1. The third-order valence-corrected chi connectivity index (χ3v) is 7.45. The molecule has 2 saturated carbocycles. The number of hydrogen-bond donors (Lipinski definition) is 3. The molecule has 2 aromatic carbocycles. The summed E-state index contributed by atoms with van der Waals surface area (Å²) in [6.45, 7) is 0.213. The molecule has 1 unspecified atom stereocenters. The van der Waals surface area contributed by atoms with Crippen molar-refractivity contribution in [2.75, 3.05) is 6.61 Å². The highest BCUT2D eigenvalue weighted by Gasteiger charge is 2.41. The minimum Gasteiger partial charge on any atom is -0.480 e. The van der Waals surface area contributed by atoms with E-state index in [1.807, 2.05) is 24.3 Å². The van der Waals surface area contributed by atoms with Crippen LogP contribution in [0.25, 0.3) is 11.1 Å². The van der Waals surface area contributed by atoms with Crippen molar-refractivity contribution in [1.82, 2.24) is 10.6 Å². The van der Waals surface area contributed by atoms with Crippen LogP contribution >= 0.6 is 0 Å². The highest BCUT2D eigenvalue weighted by molar-refractivity contribution is 5.85. The lowest BCUT2D eigenvalue weighted by atomic mass is 9.92. The van der Waals surface area contributed by atoms with Gasteiger partial charge in [0.05, 0.1) is 5.54 Å². The van der Waals surface area contributed by atoms with Gasteiger partial charge < -0.3 is 20.5 Å².